The van der Waals surface area contributed by atoms with Gasteiger partial charge in [-0.1, -0.05) is 6.08 Å². The number of hydrogen-bond donors (Lipinski definition) is 0. The van der Waals surface area contributed by atoms with Crippen LogP contribution in [-0.2, 0) is 11.0 Å². The molecule has 4 atom stereocenters. The first kappa shape index (κ1) is 24.2. The van der Waals surface area contributed by atoms with E-state index in [0.29, 0.717) is 42.7 Å². The fourth-order valence-corrected chi connectivity index (χ4v) is 6.45. The van der Waals surface area contributed by atoms with Crippen LogP contribution in [0.3, 0.4) is 0 Å². The van der Waals surface area contributed by atoms with E-state index in [1.54, 1.807) is 0 Å². The Hall–Kier alpha value is -1.92. The summed E-state index contributed by atoms with van der Waals surface area (Å²) >= 11 is 0. The lowest BCUT2D eigenvalue weighted by Gasteiger charge is -2.45. The molecule has 1 aromatic rings. The minimum absolute atomic E-state index is 0.400. The van der Waals surface area contributed by atoms with E-state index in [2.05, 4.69) is 12.7 Å². The predicted molar refractivity (Wildman–Crippen MR) is 114 cm³/mol. The fraction of sp³-hybridized carbons (Fsp3) is 0.654. The van der Waals surface area contributed by atoms with Crippen LogP contribution < -0.4 is 4.74 Å². The maximum Gasteiger partial charge on any atom is 0.419 e. The standard InChI is InChI=1S/C26H31F5O2/c1-2-15-3-4-20-14-19(10-9-18(20)13-15)16-5-7-17(8-6-16)25(32)33-22-12-11-21(26(29,30)31)23(27)24(22)28/h2,11-12,15-20H,1,3-10,13-14H2. The van der Waals surface area contributed by atoms with Crippen molar-refractivity contribution in [1.29, 1.82) is 0 Å². The number of allylic oxidation sites excluding steroid dienone is 1. The zero-order chi connectivity index (χ0) is 23.8. The van der Waals surface area contributed by atoms with Crippen LogP contribution in [0.2, 0.25) is 0 Å². The molecule has 3 aliphatic rings. The summed E-state index contributed by atoms with van der Waals surface area (Å²) in [5, 5.41) is 0. The van der Waals surface area contributed by atoms with Crippen molar-refractivity contribution in [3.05, 3.63) is 42.0 Å². The van der Waals surface area contributed by atoms with Gasteiger partial charge < -0.3 is 4.74 Å². The molecule has 0 amide bonds. The second-order valence-electron chi connectivity index (χ2n) is 10.2. The van der Waals surface area contributed by atoms with Gasteiger partial charge in [0, 0.05) is 0 Å². The third-order valence-corrected chi connectivity index (χ3v) is 8.36. The first-order valence-electron chi connectivity index (χ1n) is 12.1. The zero-order valence-corrected chi connectivity index (χ0v) is 18.7. The lowest BCUT2D eigenvalue weighted by Crippen LogP contribution is -2.35. The number of carbonyl (C=O) groups is 1. The third kappa shape index (κ3) is 5.27. The molecule has 0 saturated heterocycles. The Bertz CT molecular complexity index is 872. The first-order chi connectivity index (χ1) is 15.7. The van der Waals surface area contributed by atoms with Crippen molar-refractivity contribution in [2.75, 3.05) is 0 Å². The van der Waals surface area contributed by atoms with E-state index >= 15 is 0 Å². The molecular formula is C26H31F5O2. The van der Waals surface area contributed by atoms with Crippen LogP contribution in [0.25, 0.3) is 0 Å². The molecular weight excluding hydrogens is 439 g/mol. The Balaban J connectivity index is 1.29. The van der Waals surface area contributed by atoms with Gasteiger partial charge in [0.25, 0.3) is 0 Å². The highest BCUT2D eigenvalue weighted by atomic mass is 19.4. The smallest absolute Gasteiger partial charge is 0.419 e. The van der Waals surface area contributed by atoms with E-state index in [1.165, 1.54) is 38.5 Å². The van der Waals surface area contributed by atoms with E-state index in [9.17, 15) is 26.7 Å². The summed E-state index contributed by atoms with van der Waals surface area (Å²) < 4.78 is 70.9. The number of fused-ring (bicyclic) bond motifs is 1. The number of alkyl halides is 3. The number of carbonyl (C=O) groups excluding carboxylic acids is 1. The minimum atomic E-state index is -5.02. The lowest BCUT2D eigenvalue weighted by atomic mass is 9.61. The summed E-state index contributed by atoms with van der Waals surface area (Å²) in [6, 6.07) is 1.07. The number of esters is 1. The average Bonchev–Trinajstić information content (AvgIpc) is 2.80. The Kier molecular flexibility index (Phi) is 7.15. The molecule has 0 bridgehead atoms. The van der Waals surface area contributed by atoms with Gasteiger partial charge in [0.1, 0.15) is 0 Å². The molecule has 0 aromatic heterocycles. The topological polar surface area (TPSA) is 26.3 Å². The van der Waals surface area contributed by atoms with Gasteiger partial charge >= 0.3 is 12.1 Å². The minimum Gasteiger partial charge on any atom is -0.423 e. The van der Waals surface area contributed by atoms with Crippen molar-refractivity contribution >= 4 is 5.97 Å². The molecule has 0 N–H and O–H groups in total. The maximum absolute atomic E-state index is 14.0. The van der Waals surface area contributed by atoms with E-state index in [1.807, 2.05) is 0 Å². The molecule has 0 aliphatic heterocycles. The van der Waals surface area contributed by atoms with Crippen LogP contribution >= 0.6 is 0 Å². The summed E-state index contributed by atoms with van der Waals surface area (Å²) in [5.41, 5.74) is -1.71. The number of benzene rings is 1. The molecule has 7 heteroatoms. The number of hydrogen-bond acceptors (Lipinski definition) is 2. The van der Waals surface area contributed by atoms with Gasteiger partial charge in [-0.2, -0.15) is 17.6 Å². The van der Waals surface area contributed by atoms with Gasteiger partial charge in [-0.05, 0) is 106 Å². The lowest BCUT2D eigenvalue weighted by molar-refractivity contribution is -0.141. The monoisotopic (exact) mass is 470 g/mol. The highest BCUT2D eigenvalue weighted by molar-refractivity contribution is 5.75. The summed E-state index contributed by atoms with van der Waals surface area (Å²) in [5.74, 6) is -2.26. The van der Waals surface area contributed by atoms with Gasteiger partial charge in [0.15, 0.2) is 11.6 Å². The van der Waals surface area contributed by atoms with E-state index < -0.39 is 41.0 Å². The second kappa shape index (κ2) is 9.75. The summed E-state index contributed by atoms with van der Waals surface area (Å²) in [7, 11) is 0. The average molecular weight is 471 g/mol. The molecule has 33 heavy (non-hydrogen) atoms. The molecule has 3 fully saturated rings. The Labute approximate surface area is 191 Å². The largest absolute Gasteiger partial charge is 0.423 e. The van der Waals surface area contributed by atoms with E-state index in [0.717, 1.165) is 24.7 Å². The molecule has 182 valence electrons. The van der Waals surface area contributed by atoms with E-state index in [-0.39, 0.29) is 0 Å². The fourth-order valence-electron chi connectivity index (χ4n) is 6.45. The molecule has 1 aromatic carbocycles. The van der Waals surface area contributed by atoms with Crippen LogP contribution in [0.15, 0.2) is 24.8 Å². The summed E-state index contributed by atoms with van der Waals surface area (Å²) in [4.78, 5) is 12.5. The van der Waals surface area contributed by atoms with Gasteiger partial charge in [-0.25, -0.2) is 4.39 Å². The molecule has 3 saturated carbocycles. The van der Waals surface area contributed by atoms with Crippen LogP contribution in [0, 0.1) is 47.1 Å². The molecule has 0 radical (unpaired) electrons. The molecule has 0 spiro atoms. The Morgan fingerprint density at radius 3 is 2.06 bits per heavy atom. The van der Waals surface area contributed by atoms with Gasteiger partial charge in [0.2, 0.25) is 5.82 Å². The SMILES string of the molecule is C=CC1CCC2CC(C3CCC(C(=O)Oc4ccc(C(F)(F)F)c(F)c4F)CC3)CCC2C1. The maximum atomic E-state index is 14.0. The zero-order valence-electron chi connectivity index (χ0n) is 18.7. The van der Waals surface area contributed by atoms with Crippen LogP contribution in [0.4, 0.5) is 22.0 Å². The van der Waals surface area contributed by atoms with Crippen LogP contribution in [0.5, 0.6) is 5.75 Å². The van der Waals surface area contributed by atoms with Gasteiger partial charge in [0.05, 0.1) is 11.5 Å². The predicted octanol–water partition coefficient (Wildman–Crippen LogP) is 7.71. The van der Waals surface area contributed by atoms with Crippen molar-refractivity contribution in [3.63, 3.8) is 0 Å². The molecule has 4 unspecified atom stereocenters. The molecule has 3 aliphatic carbocycles. The normalized spacial score (nSPS) is 32.6. The van der Waals surface area contributed by atoms with Crippen molar-refractivity contribution in [3.8, 4) is 5.75 Å². The van der Waals surface area contributed by atoms with Crippen molar-refractivity contribution in [2.24, 2.45) is 35.5 Å². The molecule has 2 nitrogen and oxygen atoms in total. The van der Waals surface area contributed by atoms with Crippen LogP contribution in [-0.4, -0.2) is 5.97 Å². The highest BCUT2D eigenvalue weighted by Crippen LogP contribution is 2.49. The van der Waals surface area contributed by atoms with Gasteiger partial charge in [-0.15, -0.1) is 6.58 Å². The molecule has 0 heterocycles. The number of rotatable bonds is 4. The third-order valence-electron chi connectivity index (χ3n) is 8.36. The van der Waals surface area contributed by atoms with Crippen LogP contribution in [0.1, 0.15) is 69.8 Å². The summed E-state index contributed by atoms with van der Waals surface area (Å²) in [6.45, 7) is 3.96. The van der Waals surface area contributed by atoms with Crippen molar-refractivity contribution in [2.45, 2.75) is 70.4 Å². The van der Waals surface area contributed by atoms with Crippen molar-refractivity contribution in [1.82, 2.24) is 0 Å². The van der Waals surface area contributed by atoms with Crippen molar-refractivity contribution < 1.29 is 31.5 Å². The first-order valence-corrected chi connectivity index (χ1v) is 12.1. The summed E-state index contributed by atoms with van der Waals surface area (Å²) in [6.07, 6.45) is 7.60. The van der Waals surface area contributed by atoms with Gasteiger partial charge in [-0.3, -0.25) is 4.79 Å². The highest BCUT2D eigenvalue weighted by Gasteiger charge is 2.40. The molecule has 4 rings (SSSR count). The second-order valence-corrected chi connectivity index (χ2v) is 10.2. The Morgan fingerprint density at radius 1 is 0.848 bits per heavy atom. The quantitative estimate of drug-likeness (QED) is 0.195. The number of halogens is 5. The number of ether oxygens (including phenoxy) is 1. The van der Waals surface area contributed by atoms with E-state index in [4.69, 9.17) is 4.74 Å². The Morgan fingerprint density at radius 2 is 1.42 bits per heavy atom.